The molecule has 2 unspecified atom stereocenters. The number of carbonyl (C=O) groups excluding carboxylic acids is 1. The Morgan fingerprint density at radius 2 is 2.33 bits per heavy atom. The Morgan fingerprint density at radius 3 is 2.89 bits per heavy atom. The van der Waals surface area contributed by atoms with Crippen LogP contribution in [0.15, 0.2) is 12.3 Å². The molecule has 98 valence electrons. The fourth-order valence-electron chi connectivity index (χ4n) is 2.56. The fraction of sp³-hybridized carbons (Fsp3) is 0.583. The predicted octanol–water partition coefficient (Wildman–Crippen LogP) is 1.17. The second-order valence-corrected chi connectivity index (χ2v) is 4.85. The van der Waals surface area contributed by atoms with Gasteiger partial charge < -0.3 is 10.4 Å². The molecule has 2 atom stereocenters. The van der Waals surface area contributed by atoms with Gasteiger partial charge in [0.1, 0.15) is 11.2 Å². The summed E-state index contributed by atoms with van der Waals surface area (Å²) in [6.07, 6.45) is 4.58. The zero-order chi connectivity index (χ0) is 13.2. The van der Waals surface area contributed by atoms with Crippen molar-refractivity contribution >= 4 is 11.9 Å². The number of aromatic amines is 1. The van der Waals surface area contributed by atoms with Crippen LogP contribution in [-0.2, 0) is 4.79 Å². The Balaban J connectivity index is 2.21. The Hall–Kier alpha value is -1.85. The van der Waals surface area contributed by atoms with E-state index in [0.29, 0.717) is 6.42 Å². The van der Waals surface area contributed by atoms with Gasteiger partial charge in [-0.05, 0) is 24.8 Å². The van der Waals surface area contributed by atoms with Crippen LogP contribution in [0.5, 0.6) is 0 Å². The Labute approximate surface area is 105 Å². The molecule has 0 saturated heterocycles. The molecule has 1 fully saturated rings. The van der Waals surface area contributed by atoms with Crippen molar-refractivity contribution in [2.24, 2.45) is 5.92 Å². The SMILES string of the molecule is CC1CCCCC1(NC(=O)c1ccn[nH]1)C(=O)O. The first kappa shape index (κ1) is 12.6. The van der Waals surface area contributed by atoms with Crippen molar-refractivity contribution in [1.82, 2.24) is 15.5 Å². The summed E-state index contributed by atoms with van der Waals surface area (Å²) in [5, 5.41) is 18.4. The molecule has 1 aliphatic carbocycles. The largest absolute Gasteiger partial charge is 0.479 e. The number of carboxylic acids is 1. The van der Waals surface area contributed by atoms with E-state index in [2.05, 4.69) is 15.5 Å². The first-order valence-corrected chi connectivity index (χ1v) is 6.11. The fourth-order valence-corrected chi connectivity index (χ4v) is 2.56. The summed E-state index contributed by atoms with van der Waals surface area (Å²) in [7, 11) is 0. The van der Waals surface area contributed by atoms with E-state index in [0.717, 1.165) is 19.3 Å². The van der Waals surface area contributed by atoms with Gasteiger partial charge in [0, 0.05) is 6.20 Å². The Morgan fingerprint density at radius 1 is 1.56 bits per heavy atom. The highest BCUT2D eigenvalue weighted by molar-refractivity contribution is 5.96. The molecule has 3 N–H and O–H groups in total. The molecule has 0 radical (unpaired) electrons. The number of hydrogen-bond acceptors (Lipinski definition) is 3. The number of nitrogens with one attached hydrogen (secondary N) is 2. The lowest BCUT2D eigenvalue weighted by molar-refractivity contribution is -0.148. The van der Waals surface area contributed by atoms with E-state index in [1.807, 2.05) is 6.92 Å². The maximum absolute atomic E-state index is 12.0. The molecule has 6 nitrogen and oxygen atoms in total. The lowest BCUT2D eigenvalue weighted by Gasteiger charge is -2.39. The van der Waals surface area contributed by atoms with Crippen LogP contribution in [0.3, 0.4) is 0 Å². The van der Waals surface area contributed by atoms with Crippen molar-refractivity contribution in [2.75, 3.05) is 0 Å². The first-order chi connectivity index (χ1) is 8.56. The summed E-state index contributed by atoms with van der Waals surface area (Å²) in [5.41, 5.74) is -0.867. The zero-order valence-electron chi connectivity index (χ0n) is 10.3. The molecular formula is C12H17N3O3. The topological polar surface area (TPSA) is 95.1 Å². The van der Waals surface area contributed by atoms with Gasteiger partial charge in [0.15, 0.2) is 0 Å². The summed E-state index contributed by atoms with van der Waals surface area (Å²) in [6.45, 7) is 1.88. The summed E-state index contributed by atoms with van der Waals surface area (Å²) in [6, 6.07) is 1.53. The maximum Gasteiger partial charge on any atom is 0.329 e. The van der Waals surface area contributed by atoms with Gasteiger partial charge in [0.2, 0.25) is 0 Å². The summed E-state index contributed by atoms with van der Waals surface area (Å²) >= 11 is 0. The number of rotatable bonds is 3. The molecule has 1 aromatic rings. The molecular weight excluding hydrogens is 234 g/mol. The van der Waals surface area contributed by atoms with Crippen LogP contribution in [0.1, 0.15) is 43.1 Å². The molecule has 1 heterocycles. The van der Waals surface area contributed by atoms with Crippen molar-refractivity contribution in [2.45, 2.75) is 38.1 Å². The zero-order valence-corrected chi connectivity index (χ0v) is 10.3. The molecule has 1 aromatic heterocycles. The second-order valence-electron chi connectivity index (χ2n) is 4.85. The normalized spacial score (nSPS) is 27.7. The lowest BCUT2D eigenvalue weighted by atomic mass is 9.73. The highest BCUT2D eigenvalue weighted by Gasteiger charge is 2.46. The van der Waals surface area contributed by atoms with Crippen molar-refractivity contribution in [3.05, 3.63) is 18.0 Å². The maximum atomic E-state index is 12.0. The van der Waals surface area contributed by atoms with Gasteiger partial charge in [-0.25, -0.2) is 4.79 Å². The van der Waals surface area contributed by atoms with Gasteiger partial charge in [-0.1, -0.05) is 19.8 Å². The summed E-state index contributed by atoms with van der Waals surface area (Å²) < 4.78 is 0. The van der Waals surface area contributed by atoms with Gasteiger partial charge in [-0.3, -0.25) is 9.89 Å². The number of hydrogen-bond donors (Lipinski definition) is 3. The Bertz CT molecular complexity index is 443. The number of amides is 1. The van der Waals surface area contributed by atoms with Crippen LogP contribution in [0.4, 0.5) is 0 Å². The lowest BCUT2D eigenvalue weighted by Crippen LogP contribution is -2.60. The summed E-state index contributed by atoms with van der Waals surface area (Å²) in [4.78, 5) is 23.5. The quantitative estimate of drug-likeness (QED) is 0.751. The average molecular weight is 251 g/mol. The number of H-pyrrole nitrogens is 1. The monoisotopic (exact) mass is 251 g/mol. The third-order valence-corrected chi connectivity index (χ3v) is 3.76. The minimum atomic E-state index is -1.15. The number of aliphatic carboxylic acids is 1. The molecule has 18 heavy (non-hydrogen) atoms. The highest BCUT2D eigenvalue weighted by atomic mass is 16.4. The standard InChI is InChI=1S/C12H17N3O3/c1-8-4-2-3-6-12(8,11(17)18)14-10(16)9-5-7-13-15-9/h5,7-8H,2-4,6H2,1H3,(H,13,15)(H,14,16)(H,17,18). The van der Waals surface area contributed by atoms with E-state index >= 15 is 0 Å². The first-order valence-electron chi connectivity index (χ1n) is 6.11. The van der Waals surface area contributed by atoms with Crippen LogP contribution in [0.25, 0.3) is 0 Å². The molecule has 1 saturated carbocycles. The average Bonchev–Trinajstić information content (AvgIpc) is 2.85. The van der Waals surface area contributed by atoms with Gasteiger partial charge in [-0.2, -0.15) is 5.10 Å². The van der Waals surface area contributed by atoms with Gasteiger partial charge in [0.05, 0.1) is 0 Å². The van der Waals surface area contributed by atoms with E-state index < -0.39 is 17.4 Å². The predicted molar refractivity (Wildman–Crippen MR) is 64.1 cm³/mol. The van der Waals surface area contributed by atoms with Crippen LogP contribution in [0.2, 0.25) is 0 Å². The Kier molecular flexibility index (Phi) is 3.36. The van der Waals surface area contributed by atoms with Gasteiger partial charge in [-0.15, -0.1) is 0 Å². The molecule has 1 aliphatic rings. The van der Waals surface area contributed by atoms with Crippen LogP contribution >= 0.6 is 0 Å². The van der Waals surface area contributed by atoms with Gasteiger partial charge in [0.25, 0.3) is 5.91 Å². The molecule has 1 amide bonds. The molecule has 0 aromatic carbocycles. The second kappa shape index (κ2) is 4.80. The van der Waals surface area contributed by atoms with Crippen molar-refractivity contribution < 1.29 is 14.7 Å². The van der Waals surface area contributed by atoms with E-state index in [9.17, 15) is 14.7 Å². The number of carboxylic acid groups (broad SMARTS) is 1. The van der Waals surface area contributed by atoms with E-state index in [1.54, 1.807) is 0 Å². The van der Waals surface area contributed by atoms with Crippen molar-refractivity contribution in [3.8, 4) is 0 Å². The van der Waals surface area contributed by atoms with Crippen LogP contribution in [-0.4, -0.2) is 32.7 Å². The highest BCUT2D eigenvalue weighted by Crippen LogP contribution is 2.34. The number of carbonyl (C=O) groups is 2. The van der Waals surface area contributed by atoms with E-state index in [1.165, 1.54) is 12.3 Å². The summed E-state index contributed by atoms with van der Waals surface area (Å²) in [5.74, 6) is -1.44. The third kappa shape index (κ3) is 2.10. The van der Waals surface area contributed by atoms with Crippen molar-refractivity contribution in [1.29, 1.82) is 0 Å². The minimum absolute atomic E-state index is 0.0735. The molecule has 2 rings (SSSR count). The number of aromatic nitrogens is 2. The van der Waals surface area contributed by atoms with Crippen molar-refractivity contribution in [3.63, 3.8) is 0 Å². The minimum Gasteiger partial charge on any atom is -0.479 e. The number of nitrogens with zero attached hydrogens (tertiary/aromatic N) is 1. The van der Waals surface area contributed by atoms with Crippen LogP contribution < -0.4 is 5.32 Å². The van der Waals surface area contributed by atoms with E-state index in [-0.39, 0.29) is 11.6 Å². The molecule has 0 aliphatic heterocycles. The molecule has 0 spiro atoms. The smallest absolute Gasteiger partial charge is 0.329 e. The molecule has 6 heteroatoms. The molecule has 0 bridgehead atoms. The van der Waals surface area contributed by atoms with Crippen LogP contribution in [0, 0.1) is 5.92 Å². The third-order valence-electron chi connectivity index (χ3n) is 3.76. The van der Waals surface area contributed by atoms with Gasteiger partial charge >= 0.3 is 5.97 Å². The van der Waals surface area contributed by atoms with E-state index in [4.69, 9.17) is 0 Å².